The van der Waals surface area contributed by atoms with E-state index in [9.17, 15) is 4.79 Å². The Hall–Kier alpha value is -2.35. The molecule has 1 fully saturated rings. The summed E-state index contributed by atoms with van der Waals surface area (Å²) in [6.07, 6.45) is 9.66. The Bertz CT molecular complexity index is 814. The maximum atomic E-state index is 11.0. The molecule has 1 aliphatic rings. The van der Waals surface area contributed by atoms with Crippen molar-refractivity contribution in [2.45, 2.75) is 62.9 Å². The van der Waals surface area contributed by atoms with E-state index in [-0.39, 0.29) is 5.75 Å². The van der Waals surface area contributed by atoms with Crippen molar-refractivity contribution in [3.8, 4) is 5.75 Å². The van der Waals surface area contributed by atoms with Gasteiger partial charge in [-0.2, -0.15) is 9.78 Å². The molecule has 1 aliphatic carbocycles. The molecule has 1 aromatic carbocycles. The van der Waals surface area contributed by atoms with Crippen LogP contribution in [0.5, 0.6) is 5.75 Å². The van der Waals surface area contributed by atoms with Crippen LogP contribution in [-0.4, -0.2) is 44.5 Å². The van der Waals surface area contributed by atoms with Crippen molar-refractivity contribution in [2.75, 3.05) is 12.4 Å². The molecule has 0 saturated heterocycles. The van der Waals surface area contributed by atoms with Crippen LogP contribution in [-0.2, 0) is 4.79 Å². The van der Waals surface area contributed by atoms with Crippen LogP contribution < -0.4 is 4.74 Å². The minimum Gasteiger partial charge on any atom is -0.494 e. The van der Waals surface area contributed by atoms with E-state index >= 15 is 0 Å². The highest BCUT2D eigenvalue weighted by atomic mass is 32.2. The van der Waals surface area contributed by atoms with Crippen LogP contribution in [0.1, 0.15) is 69.2 Å². The second kappa shape index (κ2) is 11.0. The zero-order valence-electron chi connectivity index (χ0n) is 16.8. The van der Waals surface area contributed by atoms with Crippen LogP contribution in [0, 0.1) is 0 Å². The summed E-state index contributed by atoms with van der Waals surface area (Å²) in [4.78, 5) is 11.0. The molecule has 1 saturated carbocycles. The SMILES string of the molecule is CCCCOc1ccc(/C=N\n2c(SCC(=O)O)nnc2C2CCCCC2)cc1. The minimum atomic E-state index is -0.883. The number of aromatic nitrogens is 3. The van der Waals surface area contributed by atoms with E-state index < -0.39 is 5.97 Å². The molecule has 1 aromatic heterocycles. The Balaban J connectivity index is 1.76. The predicted octanol–water partition coefficient (Wildman–Crippen LogP) is 4.56. The van der Waals surface area contributed by atoms with Gasteiger partial charge in [-0.1, -0.05) is 44.4 Å². The summed E-state index contributed by atoms with van der Waals surface area (Å²) in [5.74, 6) is 1.05. The molecule has 0 spiro atoms. The van der Waals surface area contributed by atoms with E-state index in [2.05, 4.69) is 22.2 Å². The number of aliphatic carboxylic acids is 1. The molecule has 0 unspecified atom stereocenters. The van der Waals surface area contributed by atoms with Crippen molar-refractivity contribution in [1.82, 2.24) is 14.9 Å². The van der Waals surface area contributed by atoms with Crippen molar-refractivity contribution < 1.29 is 14.6 Å². The average molecular weight is 417 g/mol. The fourth-order valence-corrected chi connectivity index (χ4v) is 3.94. The molecule has 0 radical (unpaired) electrons. The summed E-state index contributed by atoms with van der Waals surface area (Å²) in [7, 11) is 0. The quantitative estimate of drug-likeness (QED) is 0.347. The van der Waals surface area contributed by atoms with Gasteiger partial charge in [0.15, 0.2) is 5.82 Å². The summed E-state index contributed by atoms with van der Waals surface area (Å²) in [5.41, 5.74) is 0.935. The first-order valence-corrected chi connectivity index (χ1v) is 11.2. The highest BCUT2D eigenvalue weighted by Crippen LogP contribution is 2.33. The lowest BCUT2D eigenvalue weighted by Crippen LogP contribution is -2.11. The summed E-state index contributed by atoms with van der Waals surface area (Å²) in [5, 5.41) is 22.7. The normalized spacial score (nSPS) is 15.1. The van der Waals surface area contributed by atoms with Gasteiger partial charge in [0.1, 0.15) is 5.75 Å². The minimum absolute atomic E-state index is 0.0673. The number of ether oxygens (including phenoxy) is 1. The second-order valence-corrected chi connectivity index (χ2v) is 8.13. The molecule has 1 heterocycles. The summed E-state index contributed by atoms with van der Waals surface area (Å²) in [6, 6.07) is 7.79. The maximum absolute atomic E-state index is 11.0. The standard InChI is InChI=1S/C21H28N4O3S/c1-2-3-13-28-18-11-9-16(10-12-18)14-22-25-20(17-7-5-4-6-8-17)23-24-21(25)29-15-19(26)27/h9-12,14,17H,2-8,13,15H2,1H3,(H,26,27)/b22-14-. The van der Waals surface area contributed by atoms with Crippen LogP contribution >= 0.6 is 11.8 Å². The van der Waals surface area contributed by atoms with Crippen molar-refractivity contribution in [3.63, 3.8) is 0 Å². The summed E-state index contributed by atoms with van der Waals surface area (Å²) < 4.78 is 7.41. The molecule has 2 aromatic rings. The van der Waals surface area contributed by atoms with E-state index in [1.165, 1.54) is 19.3 Å². The summed E-state index contributed by atoms with van der Waals surface area (Å²) >= 11 is 1.14. The number of thioether (sulfide) groups is 1. The number of hydrogen-bond donors (Lipinski definition) is 1. The molecule has 0 atom stereocenters. The number of carboxylic acids is 1. The monoisotopic (exact) mass is 416 g/mol. The molecule has 0 bridgehead atoms. The molecule has 29 heavy (non-hydrogen) atoms. The number of nitrogens with zero attached hydrogens (tertiary/aromatic N) is 4. The number of benzene rings is 1. The van der Waals surface area contributed by atoms with E-state index in [0.717, 1.165) is 61.2 Å². The Morgan fingerprint density at radius 1 is 1.28 bits per heavy atom. The zero-order valence-corrected chi connectivity index (χ0v) is 17.6. The van der Waals surface area contributed by atoms with E-state index in [1.54, 1.807) is 10.9 Å². The lowest BCUT2D eigenvalue weighted by Gasteiger charge is -2.20. The van der Waals surface area contributed by atoms with Gasteiger partial charge < -0.3 is 9.84 Å². The first kappa shape index (κ1) is 21.4. The van der Waals surface area contributed by atoms with Gasteiger partial charge in [0.25, 0.3) is 0 Å². The lowest BCUT2D eigenvalue weighted by atomic mass is 9.89. The highest BCUT2D eigenvalue weighted by Gasteiger charge is 2.23. The van der Waals surface area contributed by atoms with Gasteiger partial charge in [0.2, 0.25) is 5.16 Å². The predicted molar refractivity (Wildman–Crippen MR) is 114 cm³/mol. The molecular formula is C21H28N4O3S. The molecule has 7 nitrogen and oxygen atoms in total. The van der Waals surface area contributed by atoms with E-state index in [1.807, 2.05) is 24.3 Å². The van der Waals surface area contributed by atoms with Gasteiger partial charge in [-0.25, -0.2) is 0 Å². The van der Waals surface area contributed by atoms with Crippen LogP contribution in [0.4, 0.5) is 0 Å². The van der Waals surface area contributed by atoms with Gasteiger partial charge in [-0.3, -0.25) is 4.79 Å². The number of rotatable bonds is 10. The molecular weight excluding hydrogens is 388 g/mol. The Kier molecular flexibility index (Phi) is 8.10. The zero-order chi connectivity index (χ0) is 20.5. The average Bonchev–Trinajstić information content (AvgIpc) is 3.15. The van der Waals surface area contributed by atoms with Gasteiger partial charge in [-0.05, 0) is 49.1 Å². The lowest BCUT2D eigenvalue weighted by molar-refractivity contribution is -0.133. The smallest absolute Gasteiger partial charge is 0.313 e. The molecule has 3 rings (SSSR count). The summed E-state index contributed by atoms with van der Waals surface area (Å²) in [6.45, 7) is 2.86. The molecule has 0 aliphatic heterocycles. The second-order valence-electron chi connectivity index (χ2n) is 7.19. The number of hydrogen-bond acceptors (Lipinski definition) is 6. The third-order valence-electron chi connectivity index (χ3n) is 4.90. The number of carbonyl (C=O) groups is 1. The van der Waals surface area contributed by atoms with Gasteiger partial charge in [0.05, 0.1) is 18.6 Å². The van der Waals surface area contributed by atoms with Gasteiger partial charge in [0, 0.05) is 5.92 Å². The Morgan fingerprint density at radius 2 is 2.03 bits per heavy atom. The first-order chi connectivity index (χ1) is 14.2. The van der Waals surface area contributed by atoms with Crippen LogP contribution in [0.25, 0.3) is 0 Å². The third kappa shape index (κ3) is 6.32. The van der Waals surface area contributed by atoms with Crippen molar-refractivity contribution >= 4 is 23.9 Å². The van der Waals surface area contributed by atoms with Crippen molar-refractivity contribution in [3.05, 3.63) is 35.7 Å². The van der Waals surface area contributed by atoms with Crippen molar-refractivity contribution in [1.29, 1.82) is 0 Å². The van der Waals surface area contributed by atoms with E-state index in [4.69, 9.17) is 9.84 Å². The molecule has 1 N–H and O–H groups in total. The van der Waals surface area contributed by atoms with E-state index in [0.29, 0.717) is 11.1 Å². The first-order valence-electron chi connectivity index (χ1n) is 10.2. The topological polar surface area (TPSA) is 89.6 Å². The highest BCUT2D eigenvalue weighted by molar-refractivity contribution is 7.99. The fourth-order valence-electron chi connectivity index (χ4n) is 3.33. The fraction of sp³-hybridized carbons (Fsp3) is 0.524. The van der Waals surface area contributed by atoms with Crippen LogP contribution in [0.3, 0.4) is 0 Å². The molecule has 156 valence electrons. The maximum Gasteiger partial charge on any atom is 0.313 e. The van der Waals surface area contributed by atoms with Crippen LogP contribution in [0.15, 0.2) is 34.5 Å². The molecule has 0 amide bonds. The largest absolute Gasteiger partial charge is 0.494 e. The van der Waals surface area contributed by atoms with Crippen LogP contribution in [0.2, 0.25) is 0 Å². The molecule has 8 heteroatoms. The Labute approximate surface area is 175 Å². The Morgan fingerprint density at radius 3 is 2.72 bits per heavy atom. The van der Waals surface area contributed by atoms with Gasteiger partial charge >= 0.3 is 5.97 Å². The van der Waals surface area contributed by atoms with Gasteiger partial charge in [-0.15, -0.1) is 10.2 Å². The third-order valence-corrected chi connectivity index (χ3v) is 5.80. The number of carboxylic acid groups (broad SMARTS) is 1. The number of unbranched alkanes of at least 4 members (excludes halogenated alkanes) is 1. The van der Waals surface area contributed by atoms with Crippen molar-refractivity contribution in [2.24, 2.45) is 5.10 Å².